The Labute approximate surface area is 566 Å². The van der Waals surface area contributed by atoms with Crippen molar-refractivity contribution in [2.24, 2.45) is 0 Å². The number of carbonyl (C=O) groups is 2. The molecule has 3 atom stereocenters. The van der Waals surface area contributed by atoms with Gasteiger partial charge in [0.05, 0.1) is 33.8 Å². The number of quaternary nitrogens is 1. The first kappa shape index (κ1) is 88.7. The van der Waals surface area contributed by atoms with Crippen LogP contribution in [0.5, 0.6) is 0 Å². The van der Waals surface area contributed by atoms with Crippen molar-refractivity contribution in [1.29, 1.82) is 0 Å². The van der Waals surface area contributed by atoms with Crippen molar-refractivity contribution in [1.82, 2.24) is 5.32 Å². The largest absolute Gasteiger partial charge is 0.756 e. The minimum absolute atomic E-state index is 0.0207. The summed E-state index contributed by atoms with van der Waals surface area (Å²) >= 11 is 0. The van der Waals surface area contributed by atoms with Gasteiger partial charge in [-0.25, -0.2) is 0 Å². The lowest BCUT2D eigenvalue weighted by Crippen LogP contribution is -2.47. The normalized spacial score (nSPS) is 13.7. The van der Waals surface area contributed by atoms with Gasteiger partial charge in [-0.2, -0.15) is 0 Å². The molecule has 91 heavy (non-hydrogen) atoms. The molecule has 10 heteroatoms. The molecule has 1 amide bonds. The highest BCUT2D eigenvalue weighted by Crippen LogP contribution is 2.38. The number of nitrogens with one attached hydrogen (secondary N) is 1. The number of hydrogen-bond donors (Lipinski definition) is 1. The van der Waals surface area contributed by atoms with Crippen molar-refractivity contribution in [2.75, 3.05) is 40.9 Å². The number of unbranched alkanes of at least 4 members (excludes halogenated alkanes) is 49. The van der Waals surface area contributed by atoms with Crippen LogP contribution in [0.1, 0.15) is 393 Å². The number of ether oxygens (including phenoxy) is 1. The van der Waals surface area contributed by atoms with Gasteiger partial charge in [-0.15, -0.1) is 0 Å². The third kappa shape index (κ3) is 71.8. The summed E-state index contributed by atoms with van der Waals surface area (Å²) in [6, 6.07) is -0.889. The van der Waals surface area contributed by atoms with Crippen LogP contribution in [0.2, 0.25) is 0 Å². The number of rotatable bonds is 73. The third-order valence-corrected chi connectivity index (χ3v) is 18.9. The van der Waals surface area contributed by atoms with Crippen LogP contribution in [0.3, 0.4) is 0 Å². The van der Waals surface area contributed by atoms with Gasteiger partial charge >= 0.3 is 5.97 Å². The van der Waals surface area contributed by atoms with E-state index in [1.54, 1.807) is 0 Å². The van der Waals surface area contributed by atoms with Gasteiger partial charge in [0.1, 0.15) is 19.3 Å². The zero-order valence-electron chi connectivity index (χ0n) is 61.3. The molecule has 0 aliphatic carbocycles. The maximum Gasteiger partial charge on any atom is 0.306 e. The fourth-order valence-electron chi connectivity index (χ4n) is 11.8. The quantitative estimate of drug-likeness (QED) is 0.0212. The van der Waals surface area contributed by atoms with Crippen LogP contribution in [0.4, 0.5) is 0 Å². The molecule has 1 N–H and O–H groups in total. The van der Waals surface area contributed by atoms with Gasteiger partial charge in [-0.3, -0.25) is 14.2 Å². The standard InChI is InChI=1S/C81H153N2O7P/c1-7-10-13-16-19-22-25-28-30-32-34-36-38-40-41-43-45-47-49-51-53-56-59-62-65-68-71-74-81(85)90-79(72-69-66-63-60-57-54-27-24-21-18-15-12-9-3)78(77-89-91(86,87)88-76-75-83(4,5)6)82-80(84)73-70-67-64-61-58-55-52-50-48-46-44-42-39-37-35-33-31-29-26-23-20-17-14-11-8-2/h19-20,22-23,28-31,69,72,78-79H,7-18,21,24-27,32-68,70-71,73-77H2,1-6H3,(H-,82,84,86,87)/b22-19-,23-20-,30-28-,31-29-,72-69+. The molecular weight excluding hydrogens is 1140 g/mol. The fraction of sp³-hybridized carbons (Fsp3) is 0.852. The Kier molecular flexibility index (Phi) is 68.7. The zero-order valence-corrected chi connectivity index (χ0v) is 62.2. The first-order chi connectivity index (χ1) is 44.4. The number of hydrogen-bond acceptors (Lipinski definition) is 7. The van der Waals surface area contributed by atoms with E-state index in [9.17, 15) is 19.0 Å². The fourth-order valence-corrected chi connectivity index (χ4v) is 12.5. The Balaban J connectivity index is 4.94. The molecule has 0 aromatic heterocycles. The smallest absolute Gasteiger partial charge is 0.306 e. The number of likely N-dealkylation sites (N-methyl/N-ethyl adjacent to an activating group) is 1. The highest BCUT2D eigenvalue weighted by molar-refractivity contribution is 7.45. The summed E-state index contributed by atoms with van der Waals surface area (Å²) in [6.07, 6.45) is 92.2. The van der Waals surface area contributed by atoms with Crippen LogP contribution in [-0.4, -0.2) is 69.4 Å². The van der Waals surface area contributed by atoms with Crippen LogP contribution >= 0.6 is 7.82 Å². The predicted molar refractivity (Wildman–Crippen MR) is 395 cm³/mol. The Morgan fingerprint density at radius 1 is 0.385 bits per heavy atom. The van der Waals surface area contributed by atoms with Crippen molar-refractivity contribution >= 4 is 19.7 Å². The average molecular weight is 1300 g/mol. The van der Waals surface area contributed by atoms with Crippen LogP contribution in [0.15, 0.2) is 60.8 Å². The Morgan fingerprint density at radius 2 is 0.670 bits per heavy atom. The minimum Gasteiger partial charge on any atom is -0.756 e. The van der Waals surface area contributed by atoms with E-state index in [4.69, 9.17) is 13.8 Å². The summed E-state index contributed by atoms with van der Waals surface area (Å²) < 4.78 is 30.6. The average Bonchev–Trinajstić information content (AvgIpc) is 3.73. The van der Waals surface area contributed by atoms with Gasteiger partial charge < -0.3 is 28.5 Å². The molecule has 0 aromatic rings. The Bertz CT molecular complexity index is 1740. The second-order valence-corrected chi connectivity index (χ2v) is 29.6. The predicted octanol–water partition coefficient (Wildman–Crippen LogP) is 25.1. The number of esters is 1. The maximum absolute atomic E-state index is 13.7. The summed E-state index contributed by atoms with van der Waals surface area (Å²) in [6.45, 7) is 6.86. The highest BCUT2D eigenvalue weighted by atomic mass is 31.2. The van der Waals surface area contributed by atoms with E-state index in [1.165, 1.54) is 289 Å². The van der Waals surface area contributed by atoms with Crippen molar-refractivity contribution in [3.05, 3.63) is 60.8 Å². The Morgan fingerprint density at radius 3 is 1.01 bits per heavy atom. The van der Waals surface area contributed by atoms with E-state index in [1.807, 2.05) is 33.3 Å². The molecule has 0 aromatic carbocycles. The van der Waals surface area contributed by atoms with Crippen molar-refractivity contribution < 1.29 is 37.3 Å². The first-order valence-electron chi connectivity index (χ1n) is 39.6. The monoisotopic (exact) mass is 1300 g/mol. The minimum atomic E-state index is -4.71. The van der Waals surface area contributed by atoms with E-state index < -0.39 is 20.0 Å². The van der Waals surface area contributed by atoms with Crippen LogP contribution < -0.4 is 10.2 Å². The van der Waals surface area contributed by atoms with Crippen LogP contribution in [0, 0.1) is 0 Å². The number of phosphoric ester groups is 1. The molecule has 0 saturated heterocycles. The summed E-state index contributed by atoms with van der Waals surface area (Å²) in [7, 11) is 1.20. The lowest BCUT2D eigenvalue weighted by molar-refractivity contribution is -0.870. The molecule has 0 spiro atoms. The van der Waals surface area contributed by atoms with Crippen molar-refractivity contribution in [2.45, 2.75) is 405 Å². The van der Waals surface area contributed by atoms with E-state index >= 15 is 0 Å². The lowest BCUT2D eigenvalue weighted by Gasteiger charge is -2.30. The summed E-state index contributed by atoms with van der Waals surface area (Å²) in [5, 5.41) is 3.06. The summed E-state index contributed by atoms with van der Waals surface area (Å²) in [5.41, 5.74) is 0. The second kappa shape index (κ2) is 70.5. The van der Waals surface area contributed by atoms with Gasteiger partial charge in [-0.05, 0) is 96.0 Å². The number of carbonyl (C=O) groups excluding carboxylic acids is 2. The van der Waals surface area contributed by atoms with Gasteiger partial charge in [0, 0.05) is 12.8 Å². The number of allylic oxidation sites excluding steroid dienone is 9. The molecule has 3 unspecified atom stereocenters. The molecule has 0 radical (unpaired) electrons. The second-order valence-electron chi connectivity index (χ2n) is 28.2. The summed E-state index contributed by atoms with van der Waals surface area (Å²) in [5.74, 6) is -0.521. The van der Waals surface area contributed by atoms with E-state index in [2.05, 4.69) is 74.7 Å². The first-order valence-corrected chi connectivity index (χ1v) is 41.1. The van der Waals surface area contributed by atoms with E-state index in [0.717, 1.165) is 70.6 Å². The Hall–Kier alpha value is -2.29. The van der Waals surface area contributed by atoms with Gasteiger partial charge in [0.25, 0.3) is 7.82 Å². The lowest BCUT2D eigenvalue weighted by atomic mass is 10.0. The number of nitrogens with zero attached hydrogens (tertiary/aromatic N) is 1. The molecule has 9 nitrogen and oxygen atoms in total. The molecule has 0 aliphatic rings. The molecule has 0 heterocycles. The molecule has 0 bridgehead atoms. The van der Waals surface area contributed by atoms with Gasteiger partial charge in [0.15, 0.2) is 0 Å². The molecule has 0 aliphatic heterocycles. The maximum atomic E-state index is 13.7. The van der Waals surface area contributed by atoms with Crippen molar-refractivity contribution in [3.63, 3.8) is 0 Å². The molecular formula is C81H153N2O7P. The molecule has 534 valence electrons. The van der Waals surface area contributed by atoms with E-state index in [-0.39, 0.29) is 31.5 Å². The van der Waals surface area contributed by atoms with Crippen LogP contribution in [0.25, 0.3) is 0 Å². The van der Waals surface area contributed by atoms with Crippen LogP contribution in [-0.2, 0) is 27.9 Å². The zero-order chi connectivity index (χ0) is 66.3. The van der Waals surface area contributed by atoms with E-state index in [0.29, 0.717) is 17.4 Å². The number of amides is 1. The highest BCUT2D eigenvalue weighted by Gasteiger charge is 2.27. The summed E-state index contributed by atoms with van der Waals surface area (Å²) in [4.78, 5) is 40.3. The SMILES string of the molecule is CCCCC/C=C\C/C=C\CCCCCCCCCCCCCCCCCCCC(=O)OC(/C=C/CCCCCCCCCCCCC)C(COP(=O)([O-])OCC[N+](C)(C)C)NC(=O)CCCCCCCCCCCCCCCCC/C=C\C/C=C\CCCCC. The molecule has 0 rings (SSSR count). The third-order valence-electron chi connectivity index (χ3n) is 17.9. The topological polar surface area (TPSA) is 114 Å². The number of phosphoric acid groups is 1. The van der Waals surface area contributed by atoms with Crippen molar-refractivity contribution in [3.8, 4) is 0 Å². The van der Waals surface area contributed by atoms with Gasteiger partial charge in [-0.1, -0.05) is 345 Å². The molecule has 0 fully saturated rings. The molecule has 0 saturated carbocycles. The van der Waals surface area contributed by atoms with Gasteiger partial charge in [0.2, 0.25) is 5.91 Å².